The van der Waals surface area contributed by atoms with Gasteiger partial charge < -0.3 is 4.74 Å². The number of hydrogen-bond acceptors (Lipinski definition) is 3. The van der Waals surface area contributed by atoms with Gasteiger partial charge in [-0.25, -0.2) is 4.79 Å². The first-order chi connectivity index (χ1) is 10.1. The molecule has 0 unspecified atom stereocenters. The minimum atomic E-state index is -0.477. The Morgan fingerprint density at radius 2 is 1.52 bits per heavy atom. The van der Waals surface area contributed by atoms with Crippen molar-refractivity contribution in [1.82, 2.24) is 0 Å². The molecule has 21 heavy (non-hydrogen) atoms. The van der Waals surface area contributed by atoms with Crippen LogP contribution in [0.5, 0.6) is 0 Å². The van der Waals surface area contributed by atoms with Gasteiger partial charge in [-0.1, -0.05) is 56.3 Å². The first kappa shape index (κ1) is 15.0. The van der Waals surface area contributed by atoms with E-state index in [1.165, 1.54) is 0 Å². The number of hydrogen-bond donors (Lipinski definition) is 0. The van der Waals surface area contributed by atoms with Gasteiger partial charge in [-0.15, -0.1) is 0 Å². The molecule has 3 nitrogen and oxygen atoms in total. The maximum Gasteiger partial charge on any atom is 0.338 e. The topological polar surface area (TPSA) is 43.4 Å². The van der Waals surface area contributed by atoms with E-state index in [-0.39, 0.29) is 12.4 Å². The van der Waals surface area contributed by atoms with E-state index in [9.17, 15) is 9.59 Å². The molecule has 0 aromatic heterocycles. The second-order valence-corrected chi connectivity index (χ2v) is 5.14. The lowest BCUT2D eigenvalue weighted by Gasteiger charge is -2.07. The average Bonchev–Trinajstić information content (AvgIpc) is 2.53. The highest BCUT2D eigenvalue weighted by molar-refractivity contribution is 5.99. The van der Waals surface area contributed by atoms with E-state index in [2.05, 4.69) is 13.8 Å². The summed E-state index contributed by atoms with van der Waals surface area (Å²) in [7, 11) is 0. The van der Waals surface area contributed by atoms with Crippen LogP contribution in [0.25, 0.3) is 0 Å². The molecule has 0 bridgehead atoms. The molecule has 0 saturated heterocycles. The summed E-state index contributed by atoms with van der Waals surface area (Å²) in [5.74, 6) is -0.271. The van der Waals surface area contributed by atoms with E-state index in [4.69, 9.17) is 4.74 Å². The first-order valence-electron chi connectivity index (χ1n) is 6.93. The van der Waals surface area contributed by atoms with E-state index < -0.39 is 5.97 Å². The molecule has 0 saturated carbocycles. The molecular formula is C18H18O3. The number of benzene rings is 2. The van der Waals surface area contributed by atoms with Crippen molar-refractivity contribution in [2.75, 3.05) is 6.61 Å². The van der Waals surface area contributed by atoms with E-state index in [1.807, 2.05) is 18.2 Å². The lowest BCUT2D eigenvalue weighted by molar-refractivity contribution is 0.0474. The Morgan fingerprint density at radius 3 is 2.10 bits per heavy atom. The molecule has 0 aliphatic heterocycles. The van der Waals surface area contributed by atoms with Crippen LogP contribution in [-0.4, -0.2) is 18.4 Å². The second kappa shape index (κ2) is 6.84. The van der Waals surface area contributed by atoms with Crippen LogP contribution in [0.3, 0.4) is 0 Å². The zero-order chi connectivity index (χ0) is 15.2. The van der Waals surface area contributed by atoms with E-state index in [0.29, 0.717) is 17.0 Å². The highest BCUT2D eigenvalue weighted by Crippen LogP contribution is 2.15. The summed E-state index contributed by atoms with van der Waals surface area (Å²) in [5, 5.41) is 0. The SMILES string of the molecule is CC(C)c1ccc(C(=O)OCC(=O)c2ccccc2)cc1. The van der Waals surface area contributed by atoms with Crippen LogP contribution < -0.4 is 0 Å². The number of ketones is 1. The number of esters is 1. The van der Waals surface area contributed by atoms with Crippen molar-refractivity contribution in [1.29, 1.82) is 0 Å². The third-order valence-corrected chi connectivity index (χ3v) is 3.24. The fourth-order valence-corrected chi connectivity index (χ4v) is 1.93. The quantitative estimate of drug-likeness (QED) is 0.618. The van der Waals surface area contributed by atoms with Gasteiger partial charge in [0, 0.05) is 5.56 Å². The molecule has 0 aliphatic rings. The summed E-state index contributed by atoms with van der Waals surface area (Å²) in [6.45, 7) is 3.94. The molecule has 2 aromatic carbocycles. The molecule has 0 radical (unpaired) electrons. The molecule has 0 atom stereocenters. The highest BCUT2D eigenvalue weighted by Gasteiger charge is 2.11. The molecule has 0 heterocycles. The van der Waals surface area contributed by atoms with Crippen molar-refractivity contribution in [3.63, 3.8) is 0 Å². The largest absolute Gasteiger partial charge is 0.454 e. The van der Waals surface area contributed by atoms with Crippen LogP contribution in [0.2, 0.25) is 0 Å². The van der Waals surface area contributed by atoms with Crippen molar-refractivity contribution in [3.05, 3.63) is 71.3 Å². The summed E-state index contributed by atoms with van der Waals surface area (Å²) in [5.41, 5.74) is 2.16. The molecule has 2 rings (SSSR count). The van der Waals surface area contributed by atoms with Crippen LogP contribution in [-0.2, 0) is 4.74 Å². The van der Waals surface area contributed by atoms with Crippen LogP contribution in [0.1, 0.15) is 46.0 Å². The Kier molecular flexibility index (Phi) is 4.88. The van der Waals surface area contributed by atoms with Crippen LogP contribution in [0, 0.1) is 0 Å². The van der Waals surface area contributed by atoms with Gasteiger partial charge >= 0.3 is 5.97 Å². The van der Waals surface area contributed by atoms with Crippen LogP contribution in [0.15, 0.2) is 54.6 Å². The smallest absolute Gasteiger partial charge is 0.338 e. The zero-order valence-corrected chi connectivity index (χ0v) is 12.2. The number of Topliss-reactive ketones (excluding diaryl/α,β-unsaturated/α-hetero) is 1. The third kappa shape index (κ3) is 4.02. The Balaban J connectivity index is 1.94. The van der Waals surface area contributed by atoms with Gasteiger partial charge in [-0.05, 0) is 23.6 Å². The van der Waals surface area contributed by atoms with Gasteiger partial charge in [0.1, 0.15) is 0 Å². The van der Waals surface area contributed by atoms with Crippen LogP contribution in [0.4, 0.5) is 0 Å². The Hall–Kier alpha value is -2.42. The summed E-state index contributed by atoms with van der Waals surface area (Å²) in [6.07, 6.45) is 0. The summed E-state index contributed by atoms with van der Waals surface area (Å²) in [4.78, 5) is 23.7. The highest BCUT2D eigenvalue weighted by atomic mass is 16.5. The van der Waals surface area contributed by atoms with Gasteiger partial charge in [0.15, 0.2) is 12.4 Å². The van der Waals surface area contributed by atoms with Crippen molar-refractivity contribution < 1.29 is 14.3 Å². The zero-order valence-electron chi connectivity index (χ0n) is 12.2. The van der Waals surface area contributed by atoms with E-state index >= 15 is 0 Å². The van der Waals surface area contributed by atoms with Crippen molar-refractivity contribution in [2.45, 2.75) is 19.8 Å². The maximum absolute atomic E-state index is 11.9. The molecule has 3 heteroatoms. The number of rotatable bonds is 5. The number of carbonyl (C=O) groups is 2. The monoisotopic (exact) mass is 282 g/mol. The van der Waals surface area contributed by atoms with Crippen molar-refractivity contribution in [3.8, 4) is 0 Å². The first-order valence-corrected chi connectivity index (χ1v) is 6.93. The van der Waals surface area contributed by atoms with E-state index in [0.717, 1.165) is 5.56 Å². The number of carbonyl (C=O) groups excluding carboxylic acids is 2. The summed E-state index contributed by atoms with van der Waals surface area (Å²) < 4.78 is 5.06. The van der Waals surface area contributed by atoms with Gasteiger partial charge in [0.25, 0.3) is 0 Å². The summed E-state index contributed by atoms with van der Waals surface area (Å²) in [6, 6.07) is 16.1. The Morgan fingerprint density at radius 1 is 0.905 bits per heavy atom. The molecule has 0 fully saturated rings. The minimum absolute atomic E-state index is 0.206. The third-order valence-electron chi connectivity index (χ3n) is 3.24. The Bertz CT molecular complexity index is 613. The molecular weight excluding hydrogens is 264 g/mol. The number of ether oxygens (including phenoxy) is 1. The fraction of sp³-hybridized carbons (Fsp3) is 0.222. The molecule has 108 valence electrons. The molecule has 0 N–H and O–H groups in total. The predicted octanol–water partition coefficient (Wildman–Crippen LogP) is 3.85. The van der Waals surface area contributed by atoms with Gasteiger partial charge in [-0.3, -0.25) is 4.79 Å². The molecule has 0 amide bonds. The van der Waals surface area contributed by atoms with Crippen molar-refractivity contribution in [2.24, 2.45) is 0 Å². The van der Waals surface area contributed by atoms with Gasteiger partial charge in [0.05, 0.1) is 5.56 Å². The molecule has 0 spiro atoms. The predicted molar refractivity (Wildman–Crippen MR) is 81.6 cm³/mol. The van der Waals surface area contributed by atoms with Crippen molar-refractivity contribution >= 4 is 11.8 Å². The minimum Gasteiger partial charge on any atom is -0.454 e. The lowest BCUT2D eigenvalue weighted by Crippen LogP contribution is -2.14. The second-order valence-electron chi connectivity index (χ2n) is 5.14. The molecule has 0 aliphatic carbocycles. The fourth-order valence-electron chi connectivity index (χ4n) is 1.93. The Labute approximate surface area is 124 Å². The van der Waals surface area contributed by atoms with Gasteiger partial charge in [-0.2, -0.15) is 0 Å². The van der Waals surface area contributed by atoms with E-state index in [1.54, 1.807) is 36.4 Å². The van der Waals surface area contributed by atoms with Crippen LogP contribution >= 0.6 is 0 Å². The van der Waals surface area contributed by atoms with Gasteiger partial charge in [0.2, 0.25) is 0 Å². The lowest BCUT2D eigenvalue weighted by atomic mass is 10.0. The summed E-state index contributed by atoms with van der Waals surface area (Å²) >= 11 is 0. The average molecular weight is 282 g/mol. The molecule has 2 aromatic rings. The standard InChI is InChI=1S/C18H18O3/c1-13(2)14-8-10-16(11-9-14)18(20)21-12-17(19)15-6-4-3-5-7-15/h3-11,13H,12H2,1-2H3. The normalized spacial score (nSPS) is 10.4. The maximum atomic E-state index is 11.9.